The van der Waals surface area contributed by atoms with Crippen LogP contribution in [0.25, 0.3) is 0 Å². The topological polar surface area (TPSA) is 51.8 Å². The molecule has 6 heteroatoms. The van der Waals surface area contributed by atoms with Gasteiger partial charge in [0.15, 0.2) is 0 Å². The maximum absolute atomic E-state index is 6.01. The lowest BCUT2D eigenvalue weighted by atomic mass is 10.2. The van der Waals surface area contributed by atoms with E-state index in [-0.39, 0.29) is 0 Å². The van der Waals surface area contributed by atoms with Crippen LogP contribution in [0.1, 0.15) is 18.9 Å². The number of hydrogen-bond acceptors (Lipinski definition) is 4. The molecule has 2 N–H and O–H groups in total. The van der Waals surface area contributed by atoms with E-state index in [2.05, 4.69) is 16.9 Å². The fourth-order valence-electron chi connectivity index (χ4n) is 1.63. The van der Waals surface area contributed by atoms with E-state index in [1.165, 1.54) is 18.1 Å². The summed E-state index contributed by atoms with van der Waals surface area (Å²) in [5.41, 5.74) is 6.89. The van der Waals surface area contributed by atoms with Crippen LogP contribution in [-0.4, -0.2) is 9.97 Å². The van der Waals surface area contributed by atoms with Gasteiger partial charge in [0.05, 0.1) is 10.0 Å². The summed E-state index contributed by atoms with van der Waals surface area (Å²) in [5, 5.41) is 1.94. The van der Waals surface area contributed by atoms with Gasteiger partial charge in [-0.05, 0) is 24.6 Å². The van der Waals surface area contributed by atoms with Gasteiger partial charge in [-0.1, -0.05) is 48.3 Å². The first kappa shape index (κ1) is 14.4. The molecule has 0 saturated carbocycles. The van der Waals surface area contributed by atoms with E-state index >= 15 is 0 Å². The van der Waals surface area contributed by atoms with E-state index in [0.717, 1.165) is 28.3 Å². The van der Waals surface area contributed by atoms with Crippen LogP contribution in [0.4, 0.5) is 5.82 Å². The Morgan fingerprint density at radius 1 is 1.21 bits per heavy atom. The molecule has 19 heavy (non-hydrogen) atoms. The van der Waals surface area contributed by atoms with Crippen molar-refractivity contribution in [3.05, 3.63) is 40.1 Å². The molecule has 0 unspecified atom stereocenters. The van der Waals surface area contributed by atoms with Crippen LogP contribution < -0.4 is 5.73 Å². The van der Waals surface area contributed by atoms with Gasteiger partial charge < -0.3 is 5.73 Å². The summed E-state index contributed by atoms with van der Waals surface area (Å²) in [7, 11) is 0. The molecule has 1 heterocycles. The smallest absolute Gasteiger partial charge is 0.131 e. The number of nitrogen functional groups attached to an aromatic ring is 1. The molecule has 0 aliphatic carbocycles. The van der Waals surface area contributed by atoms with Crippen LogP contribution in [0.15, 0.2) is 34.4 Å². The Labute approximate surface area is 126 Å². The lowest BCUT2D eigenvalue weighted by Gasteiger charge is -2.09. The number of rotatable bonds is 4. The first-order valence-corrected chi connectivity index (χ1v) is 7.41. The minimum Gasteiger partial charge on any atom is -0.383 e. The summed E-state index contributed by atoms with van der Waals surface area (Å²) in [6, 6.07) is 5.51. The third-order valence-corrected chi connectivity index (χ3v) is 4.32. The Hall–Kier alpha value is -0.970. The van der Waals surface area contributed by atoms with E-state index in [9.17, 15) is 0 Å². The number of aromatic nitrogens is 2. The van der Waals surface area contributed by atoms with Crippen molar-refractivity contribution in [2.75, 3.05) is 5.73 Å². The van der Waals surface area contributed by atoms with Gasteiger partial charge in [-0.3, -0.25) is 0 Å². The Balaban J connectivity index is 2.32. The largest absolute Gasteiger partial charge is 0.383 e. The molecule has 0 amide bonds. The number of benzene rings is 1. The molecule has 0 radical (unpaired) electrons. The van der Waals surface area contributed by atoms with Crippen molar-refractivity contribution in [3.63, 3.8) is 0 Å². The molecular weight excluding hydrogens is 301 g/mol. The van der Waals surface area contributed by atoms with Crippen molar-refractivity contribution >= 4 is 40.8 Å². The van der Waals surface area contributed by atoms with Crippen LogP contribution in [0.3, 0.4) is 0 Å². The number of hydrogen-bond donors (Lipinski definition) is 1. The minimum absolute atomic E-state index is 0.533. The number of anilines is 1. The highest BCUT2D eigenvalue weighted by Gasteiger charge is 2.10. The summed E-state index contributed by atoms with van der Waals surface area (Å²) >= 11 is 13.4. The highest BCUT2D eigenvalue weighted by molar-refractivity contribution is 7.99. The summed E-state index contributed by atoms with van der Waals surface area (Å²) in [4.78, 5) is 9.32. The van der Waals surface area contributed by atoms with E-state index < -0.39 is 0 Å². The first-order chi connectivity index (χ1) is 9.11. The molecule has 100 valence electrons. The maximum Gasteiger partial charge on any atom is 0.131 e. The van der Waals surface area contributed by atoms with Gasteiger partial charge in [0.25, 0.3) is 0 Å². The quantitative estimate of drug-likeness (QED) is 0.846. The molecule has 0 aliphatic rings. The molecule has 0 bridgehead atoms. The molecule has 2 rings (SSSR count). The second kappa shape index (κ2) is 6.46. The molecule has 1 aromatic heterocycles. The minimum atomic E-state index is 0.533. The number of halogens is 2. The number of nitrogens with zero attached hydrogens (tertiary/aromatic N) is 2. The van der Waals surface area contributed by atoms with Crippen LogP contribution in [0, 0.1) is 0 Å². The Morgan fingerprint density at radius 2 is 2.00 bits per heavy atom. The molecule has 2 aromatic rings. The summed E-state index contributed by atoms with van der Waals surface area (Å²) < 4.78 is 0. The predicted molar refractivity (Wildman–Crippen MR) is 81.0 cm³/mol. The molecule has 0 spiro atoms. The van der Waals surface area contributed by atoms with Crippen molar-refractivity contribution in [2.24, 2.45) is 0 Å². The second-order valence-electron chi connectivity index (χ2n) is 3.97. The Morgan fingerprint density at radius 3 is 2.68 bits per heavy atom. The van der Waals surface area contributed by atoms with Crippen LogP contribution >= 0.6 is 35.0 Å². The standard InChI is InChI=1S/C13H13Cl2N3S/c1-2-3-9-12(16)17-7-18-13(9)19-8-4-5-10(14)11(15)6-8/h4-7H,2-3H2,1H3,(H2,16,17,18). The second-order valence-corrected chi connectivity index (χ2v) is 5.85. The molecule has 1 aromatic carbocycles. The van der Waals surface area contributed by atoms with Crippen LogP contribution in [0.5, 0.6) is 0 Å². The van der Waals surface area contributed by atoms with E-state index in [0.29, 0.717) is 15.9 Å². The van der Waals surface area contributed by atoms with Gasteiger partial charge in [0.1, 0.15) is 17.2 Å². The molecule has 3 nitrogen and oxygen atoms in total. The van der Waals surface area contributed by atoms with Gasteiger partial charge in [-0.15, -0.1) is 0 Å². The summed E-state index contributed by atoms with van der Waals surface area (Å²) in [5.74, 6) is 0.541. The summed E-state index contributed by atoms with van der Waals surface area (Å²) in [6.07, 6.45) is 3.33. The third kappa shape index (κ3) is 3.53. The van der Waals surface area contributed by atoms with Crippen molar-refractivity contribution in [1.29, 1.82) is 0 Å². The van der Waals surface area contributed by atoms with E-state index in [1.807, 2.05) is 12.1 Å². The van der Waals surface area contributed by atoms with Crippen molar-refractivity contribution in [2.45, 2.75) is 29.7 Å². The lowest BCUT2D eigenvalue weighted by molar-refractivity contribution is 0.862. The molecule has 0 aliphatic heterocycles. The zero-order chi connectivity index (χ0) is 13.8. The van der Waals surface area contributed by atoms with Crippen LogP contribution in [-0.2, 0) is 6.42 Å². The van der Waals surface area contributed by atoms with Gasteiger partial charge >= 0.3 is 0 Å². The van der Waals surface area contributed by atoms with E-state index in [4.69, 9.17) is 28.9 Å². The number of nitrogens with two attached hydrogens (primary N) is 1. The molecular formula is C13H13Cl2N3S. The maximum atomic E-state index is 6.01. The zero-order valence-electron chi connectivity index (χ0n) is 10.4. The van der Waals surface area contributed by atoms with Gasteiger partial charge in [-0.25, -0.2) is 9.97 Å². The zero-order valence-corrected chi connectivity index (χ0v) is 12.7. The highest BCUT2D eigenvalue weighted by Crippen LogP contribution is 2.34. The lowest BCUT2D eigenvalue weighted by Crippen LogP contribution is -2.01. The fraction of sp³-hybridized carbons (Fsp3) is 0.231. The molecule has 0 atom stereocenters. The predicted octanol–water partition coefficient (Wildman–Crippen LogP) is 4.47. The van der Waals surface area contributed by atoms with Crippen molar-refractivity contribution in [3.8, 4) is 0 Å². The summed E-state index contributed by atoms with van der Waals surface area (Å²) in [6.45, 7) is 2.10. The Kier molecular flexibility index (Phi) is 4.91. The van der Waals surface area contributed by atoms with Gasteiger partial charge in [0, 0.05) is 10.5 Å². The van der Waals surface area contributed by atoms with Gasteiger partial charge in [0.2, 0.25) is 0 Å². The first-order valence-electron chi connectivity index (χ1n) is 5.84. The normalized spacial score (nSPS) is 10.7. The van der Waals surface area contributed by atoms with Crippen molar-refractivity contribution < 1.29 is 0 Å². The van der Waals surface area contributed by atoms with Gasteiger partial charge in [-0.2, -0.15) is 0 Å². The third-order valence-electron chi connectivity index (χ3n) is 2.54. The SMILES string of the molecule is CCCc1c(N)ncnc1Sc1ccc(Cl)c(Cl)c1. The Bertz CT molecular complexity index is 590. The molecule has 0 saturated heterocycles. The average Bonchev–Trinajstić information content (AvgIpc) is 2.38. The molecule has 0 fully saturated rings. The van der Waals surface area contributed by atoms with Crippen molar-refractivity contribution in [1.82, 2.24) is 9.97 Å². The monoisotopic (exact) mass is 313 g/mol. The average molecular weight is 314 g/mol. The van der Waals surface area contributed by atoms with Crippen LogP contribution in [0.2, 0.25) is 10.0 Å². The van der Waals surface area contributed by atoms with E-state index in [1.54, 1.807) is 6.07 Å². The highest BCUT2D eigenvalue weighted by atomic mass is 35.5. The fourth-order valence-corrected chi connectivity index (χ4v) is 2.96.